The molecule has 0 spiro atoms. The van der Waals surface area contributed by atoms with E-state index in [4.69, 9.17) is 15.1 Å². The first-order valence-electron chi connectivity index (χ1n) is 4.25. The number of rotatable bonds is 3. The van der Waals surface area contributed by atoms with E-state index >= 15 is 0 Å². The van der Waals surface area contributed by atoms with Crippen LogP contribution in [0.3, 0.4) is 0 Å². The number of nitriles is 1. The minimum atomic E-state index is -0.668. The summed E-state index contributed by atoms with van der Waals surface area (Å²) in [5.74, 6) is -0.614. The van der Waals surface area contributed by atoms with Crippen molar-refractivity contribution >= 4 is 15.9 Å². The highest BCUT2D eigenvalue weighted by atomic mass is 79.9. The van der Waals surface area contributed by atoms with Crippen molar-refractivity contribution in [2.75, 3.05) is 6.61 Å². The maximum absolute atomic E-state index is 13.5. The number of ether oxygens (including phenoxy) is 1. The average molecular weight is 274 g/mol. The van der Waals surface area contributed by atoms with Crippen LogP contribution in [0.15, 0.2) is 16.6 Å². The predicted molar refractivity (Wildman–Crippen MR) is 56.0 cm³/mol. The van der Waals surface area contributed by atoms with Crippen LogP contribution in [0.2, 0.25) is 0 Å². The molecule has 1 rings (SSSR count). The maximum atomic E-state index is 13.5. The highest BCUT2D eigenvalue weighted by molar-refractivity contribution is 9.10. The van der Waals surface area contributed by atoms with E-state index in [1.807, 2.05) is 6.07 Å². The third-order valence-corrected chi connectivity index (χ3v) is 2.42. The molecule has 0 aliphatic carbocycles. The molecule has 1 N–H and O–H groups in total. The van der Waals surface area contributed by atoms with Crippen molar-refractivity contribution in [1.29, 1.82) is 5.26 Å². The smallest absolute Gasteiger partial charge is 0.180 e. The van der Waals surface area contributed by atoms with E-state index in [1.54, 1.807) is 0 Å². The first-order chi connectivity index (χ1) is 7.06. The molecular formula is C10H9BrFNO2. The lowest BCUT2D eigenvalue weighted by Crippen LogP contribution is -2.13. The van der Waals surface area contributed by atoms with Crippen LogP contribution in [0.5, 0.6) is 5.75 Å². The number of hydrogen-bond acceptors (Lipinski definition) is 3. The zero-order chi connectivity index (χ0) is 11.4. The highest BCUT2D eigenvalue weighted by Gasteiger charge is 2.12. The van der Waals surface area contributed by atoms with Crippen LogP contribution in [0.4, 0.5) is 4.39 Å². The van der Waals surface area contributed by atoms with Gasteiger partial charge >= 0.3 is 0 Å². The van der Waals surface area contributed by atoms with Gasteiger partial charge in [0.25, 0.3) is 0 Å². The second-order valence-electron chi connectivity index (χ2n) is 3.01. The Bertz CT molecular complexity index is 401. The fraction of sp³-hybridized carbons (Fsp3) is 0.300. The minimum Gasteiger partial charge on any atom is -0.488 e. The second-order valence-corrected chi connectivity index (χ2v) is 3.80. The molecule has 1 atom stereocenters. The zero-order valence-corrected chi connectivity index (χ0v) is 9.58. The van der Waals surface area contributed by atoms with Crippen LogP contribution in [-0.2, 0) is 0 Å². The van der Waals surface area contributed by atoms with Crippen LogP contribution < -0.4 is 4.74 Å². The molecule has 0 saturated heterocycles. The molecule has 0 saturated carbocycles. The third-order valence-electron chi connectivity index (χ3n) is 1.65. The molecule has 5 heteroatoms. The van der Waals surface area contributed by atoms with Gasteiger partial charge in [0, 0.05) is 0 Å². The van der Waals surface area contributed by atoms with Crippen molar-refractivity contribution in [3.05, 3.63) is 28.0 Å². The second kappa shape index (κ2) is 5.10. The van der Waals surface area contributed by atoms with E-state index in [2.05, 4.69) is 15.9 Å². The van der Waals surface area contributed by atoms with Crippen LogP contribution in [0, 0.1) is 17.1 Å². The molecular weight excluding hydrogens is 265 g/mol. The SMILES string of the molecule is C[C@@H](O)COc1ccc(C#N)c(Br)c1F. The summed E-state index contributed by atoms with van der Waals surface area (Å²) in [5.41, 5.74) is 0.205. The monoisotopic (exact) mass is 273 g/mol. The Morgan fingerprint density at radius 1 is 1.67 bits per heavy atom. The van der Waals surface area contributed by atoms with Gasteiger partial charge < -0.3 is 9.84 Å². The molecule has 0 amide bonds. The van der Waals surface area contributed by atoms with E-state index in [-0.39, 0.29) is 22.4 Å². The van der Waals surface area contributed by atoms with Gasteiger partial charge in [-0.2, -0.15) is 5.26 Å². The molecule has 0 aliphatic heterocycles. The van der Waals surface area contributed by atoms with Crippen LogP contribution in [0.25, 0.3) is 0 Å². The quantitative estimate of drug-likeness (QED) is 0.919. The van der Waals surface area contributed by atoms with Crippen LogP contribution >= 0.6 is 15.9 Å². The molecule has 1 aromatic rings. The first kappa shape index (κ1) is 12.0. The highest BCUT2D eigenvalue weighted by Crippen LogP contribution is 2.28. The molecule has 0 heterocycles. The molecule has 0 radical (unpaired) electrons. The van der Waals surface area contributed by atoms with Gasteiger partial charge in [-0.3, -0.25) is 0 Å². The van der Waals surface area contributed by atoms with Crippen molar-refractivity contribution in [3.63, 3.8) is 0 Å². The summed E-state index contributed by atoms with van der Waals surface area (Å²) in [6.45, 7) is 1.55. The Morgan fingerprint density at radius 3 is 2.87 bits per heavy atom. The number of aliphatic hydroxyl groups is 1. The number of nitrogens with zero attached hydrogens (tertiary/aromatic N) is 1. The summed E-state index contributed by atoms with van der Waals surface area (Å²) in [6, 6.07) is 4.65. The van der Waals surface area contributed by atoms with Crippen LogP contribution in [-0.4, -0.2) is 17.8 Å². The molecule has 0 bridgehead atoms. The Hall–Kier alpha value is -1.12. The summed E-state index contributed by atoms with van der Waals surface area (Å²) < 4.78 is 18.6. The molecule has 15 heavy (non-hydrogen) atoms. The summed E-state index contributed by atoms with van der Waals surface area (Å²) >= 11 is 2.96. The topological polar surface area (TPSA) is 53.2 Å². The Balaban J connectivity index is 2.93. The zero-order valence-electron chi connectivity index (χ0n) is 8.00. The molecule has 0 aromatic heterocycles. The van der Waals surface area contributed by atoms with Gasteiger partial charge in [-0.05, 0) is 35.0 Å². The van der Waals surface area contributed by atoms with Crippen molar-refractivity contribution in [2.24, 2.45) is 0 Å². The fourth-order valence-corrected chi connectivity index (χ4v) is 1.36. The lowest BCUT2D eigenvalue weighted by molar-refractivity contribution is 0.120. The Kier molecular flexibility index (Phi) is 4.06. The van der Waals surface area contributed by atoms with Gasteiger partial charge in [0.2, 0.25) is 0 Å². The fourth-order valence-electron chi connectivity index (χ4n) is 0.940. The third kappa shape index (κ3) is 2.91. The molecule has 80 valence electrons. The van der Waals surface area contributed by atoms with Gasteiger partial charge in [-0.1, -0.05) is 0 Å². The van der Waals surface area contributed by atoms with E-state index in [1.165, 1.54) is 19.1 Å². The largest absolute Gasteiger partial charge is 0.488 e. The van der Waals surface area contributed by atoms with E-state index in [0.717, 1.165) is 0 Å². The van der Waals surface area contributed by atoms with Gasteiger partial charge in [0.15, 0.2) is 11.6 Å². The lowest BCUT2D eigenvalue weighted by Gasteiger charge is -2.10. The van der Waals surface area contributed by atoms with Gasteiger partial charge in [0.1, 0.15) is 12.7 Å². The van der Waals surface area contributed by atoms with Crippen molar-refractivity contribution in [1.82, 2.24) is 0 Å². The van der Waals surface area contributed by atoms with Crippen molar-refractivity contribution < 1.29 is 14.2 Å². The van der Waals surface area contributed by atoms with Crippen molar-refractivity contribution in [3.8, 4) is 11.8 Å². The Morgan fingerprint density at radius 2 is 2.33 bits per heavy atom. The first-order valence-corrected chi connectivity index (χ1v) is 5.04. The molecule has 0 aliphatic rings. The molecule has 1 aromatic carbocycles. The van der Waals surface area contributed by atoms with E-state index in [0.29, 0.717) is 0 Å². The summed E-state index contributed by atoms with van der Waals surface area (Å²) in [7, 11) is 0. The predicted octanol–water partition coefficient (Wildman–Crippen LogP) is 2.22. The average Bonchev–Trinajstić information content (AvgIpc) is 2.20. The Labute approximate surface area is 95.2 Å². The van der Waals surface area contributed by atoms with E-state index < -0.39 is 11.9 Å². The number of halogens is 2. The number of aliphatic hydroxyl groups excluding tert-OH is 1. The standard InChI is InChI=1S/C10H9BrFNO2/c1-6(14)5-15-8-3-2-7(4-13)9(11)10(8)12/h2-3,6,14H,5H2,1H3/t6-/m1/s1. The van der Waals surface area contributed by atoms with Gasteiger partial charge in [0.05, 0.1) is 16.1 Å². The van der Waals surface area contributed by atoms with Crippen molar-refractivity contribution in [2.45, 2.75) is 13.0 Å². The molecule has 0 fully saturated rings. The minimum absolute atomic E-state index is 0.00919. The molecule has 3 nitrogen and oxygen atoms in total. The number of benzene rings is 1. The normalized spacial score (nSPS) is 11.9. The maximum Gasteiger partial charge on any atom is 0.180 e. The van der Waals surface area contributed by atoms with Crippen LogP contribution in [0.1, 0.15) is 12.5 Å². The lowest BCUT2D eigenvalue weighted by atomic mass is 10.2. The van der Waals surface area contributed by atoms with Gasteiger partial charge in [-0.15, -0.1) is 0 Å². The van der Waals surface area contributed by atoms with Gasteiger partial charge in [-0.25, -0.2) is 4.39 Å². The summed E-state index contributed by atoms with van der Waals surface area (Å²) in [4.78, 5) is 0. The number of hydrogen-bond donors (Lipinski definition) is 1. The summed E-state index contributed by atoms with van der Waals surface area (Å²) in [6.07, 6.45) is -0.668. The molecule has 0 unspecified atom stereocenters. The van der Waals surface area contributed by atoms with E-state index in [9.17, 15) is 4.39 Å². The summed E-state index contributed by atoms with van der Waals surface area (Å²) in [5, 5.41) is 17.6.